The van der Waals surface area contributed by atoms with E-state index in [2.05, 4.69) is 31.2 Å². The Morgan fingerprint density at radius 1 is 1.06 bits per heavy atom. The van der Waals surface area contributed by atoms with Crippen molar-refractivity contribution < 1.29 is 0 Å². The summed E-state index contributed by atoms with van der Waals surface area (Å²) < 4.78 is 0. The van der Waals surface area contributed by atoms with Crippen molar-refractivity contribution in [2.45, 2.75) is 50.1 Å². The van der Waals surface area contributed by atoms with Gasteiger partial charge in [0, 0.05) is 11.1 Å². The smallest absolute Gasteiger partial charge is 0.0374 e. The molecule has 2 atom stereocenters. The third-order valence-electron chi connectivity index (χ3n) is 4.07. The molecule has 4 N–H and O–H groups in total. The maximum atomic E-state index is 6.54. The molecule has 0 aliphatic heterocycles. The Morgan fingerprint density at radius 2 is 1.69 bits per heavy atom. The molecule has 0 amide bonds. The molecule has 88 valence electrons. The van der Waals surface area contributed by atoms with Gasteiger partial charge in [-0.2, -0.15) is 0 Å². The Hall–Kier alpha value is -0.860. The van der Waals surface area contributed by atoms with Crippen molar-refractivity contribution in [1.29, 1.82) is 0 Å². The molecule has 2 rings (SSSR count). The van der Waals surface area contributed by atoms with Crippen molar-refractivity contribution in [3.63, 3.8) is 0 Å². The van der Waals surface area contributed by atoms with Gasteiger partial charge in [-0.1, -0.05) is 43.2 Å². The van der Waals surface area contributed by atoms with Crippen LogP contribution in [0, 0.1) is 0 Å². The number of hydrogen-bond acceptors (Lipinski definition) is 2. The second-order valence-corrected chi connectivity index (χ2v) is 5.44. The highest BCUT2D eigenvalue weighted by molar-refractivity contribution is 5.21. The van der Waals surface area contributed by atoms with Gasteiger partial charge in [-0.25, -0.2) is 0 Å². The molecule has 2 heteroatoms. The summed E-state index contributed by atoms with van der Waals surface area (Å²) in [5, 5.41) is 0. The lowest BCUT2D eigenvalue weighted by molar-refractivity contribution is 0.163. The van der Waals surface area contributed by atoms with Crippen LogP contribution < -0.4 is 11.5 Å². The highest BCUT2D eigenvalue weighted by Gasteiger charge is 2.43. The van der Waals surface area contributed by atoms with Crippen molar-refractivity contribution in [1.82, 2.24) is 0 Å². The van der Waals surface area contributed by atoms with Gasteiger partial charge in [0.2, 0.25) is 0 Å². The fourth-order valence-electron chi connectivity index (χ4n) is 2.72. The van der Waals surface area contributed by atoms with E-state index in [1.165, 1.54) is 18.4 Å². The molecule has 2 unspecified atom stereocenters. The molecule has 0 aromatic heterocycles. The molecule has 1 fully saturated rings. The first kappa shape index (κ1) is 11.6. The third kappa shape index (κ3) is 2.13. The zero-order valence-corrected chi connectivity index (χ0v) is 10.1. The van der Waals surface area contributed by atoms with Gasteiger partial charge in [0.1, 0.15) is 0 Å². The van der Waals surface area contributed by atoms with Crippen LogP contribution in [0.1, 0.15) is 38.2 Å². The average Bonchev–Trinajstić information content (AvgIpc) is 2.24. The minimum Gasteiger partial charge on any atom is -0.324 e. The first-order chi connectivity index (χ1) is 7.54. The fraction of sp³-hybridized carbons (Fsp3) is 0.571. The second kappa shape index (κ2) is 4.19. The average molecular weight is 218 g/mol. The lowest BCUT2D eigenvalue weighted by atomic mass is 9.66. The molecule has 1 saturated carbocycles. The van der Waals surface area contributed by atoms with Crippen molar-refractivity contribution in [2.24, 2.45) is 11.5 Å². The quantitative estimate of drug-likeness (QED) is 0.799. The highest BCUT2D eigenvalue weighted by atomic mass is 14.9. The summed E-state index contributed by atoms with van der Waals surface area (Å²) in [7, 11) is 0. The lowest BCUT2D eigenvalue weighted by Crippen LogP contribution is -2.66. The van der Waals surface area contributed by atoms with Crippen LogP contribution in [0.3, 0.4) is 0 Å². The Bertz CT molecular complexity index is 345. The molecule has 1 aliphatic rings. The van der Waals surface area contributed by atoms with Crippen molar-refractivity contribution >= 4 is 0 Å². The lowest BCUT2D eigenvalue weighted by Gasteiger charge is -2.47. The maximum absolute atomic E-state index is 6.54. The minimum absolute atomic E-state index is 0.235. The summed E-state index contributed by atoms with van der Waals surface area (Å²) in [6.45, 7) is 2.11. The third-order valence-corrected chi connectivity index (χ3v) is 4.07. The van der Waals surface area contributed by atoms with E-state index in [1.807, 2.05) is 6.07 Å². The summed E-state index contributed by atoms with van der Waals surface area (Å²) in [4.78, 5) is 0. The minimum atomic E-state index is -0.243. The Balaban J connectivity index is 2.18. The zero-order valence-electron chi connectivity index (χ0n) is 10.1. The van der Waals surface area contributed by atoms with Crippen LogP contribution in [0.4, 0.5) is 0 Å². The highest BCUT2D eigenvalue weighted by Crippen LogP contribution is 2.35. The van der Waals surface area contributed by atoms with E-state index in [1.54, 1.807) is 0 Å². The maximum Gasteiger partial charge on any atom is 0.0374 e. The number of rotatable bonds is 2. The Morgan fingerprint density at radius 3 is 2.31 bits per heavy atom. The van der Waals surface area contributed by atoms with Crippen LogP contribution in [0.2, 0.25) is 0 Å². The van der Waals surface area contributed by atoms with Gasteiger partial charge in [0.25, 0.3) is 0 Å². The van der Waals surface area contributed by atoms with Crippen LogP contribution in [0.15, 0.2) is 30.3 Å². The number of benzene rings is 1. The van der Waals surface area contributed by atoms with E-state index in [-0.39, 0.29) is 11.1 Å². The van der Waals surface area contributed by atoms with Crippen LogP contribution in [-0.4, -0.2) is 11.1 Å². The predicted molar refractivity (Wildman–Crippen MR) is 68.1 cm³/mol. The van der Waals surface area contributed by atoms with E-state index in [0.29, 0.717) is 0 Å². The van der Waals surface area contributed by atoms with Gasteiger partial charge in [0.05, 0.1) is 0 Å². The SMILES string of the molecule is CC1(N)CCCCC1(N)Cc1ccccc1. The van der Waals surface area contributed by atoms with Crippen molar-refractivity contribution in [3.8, 4) is 0 Å². The summed E-state index contributed by atoms with van der Waals surface area (Å²) in [5.41, 5.74) is 13.7. The van der Waals surface area contributed by atoms with Crippen LogP contribution in [0.5, 0.6) is 0 Å². The van der Waals surface area contributed by atoms with Crippen molar-refractivity contribution in [3.05, 3.63) is 35.9 Å². The first-order valence-corrected chi connectivity index (χ1v) is 6.15. The molecule has 1 aliphatic carbocycles. The normalized spacial score (nSPS) is 34.9. The molecule has 1 aromatic rings. The fourth-order valence-corrected chi connectivity index (χ4v) is 2.72. The van der Waals surface area contributed by atoms with Crippen molar-refractivity contribution in [2.75, 3.05) is 0 Å². The summed E-state index contributed by atoms with van der Waals surface area (Å²) >= 11 is 0. The van der Waals surface area contributed by atoms with Gasteiger partial charge >= 0.3 is 0 Å². The first-order valence-electron chi connectivity index (χ1n) is 6.15. The summed E-state index contributed by atoms with van der Waals surface area (Å²) in [5.74, 6) is 0. The molecular weight excluding hydrogens is 196 g/mol. The molecule has 0 bridgehead atoms. The predicted octanol–water partition coefficient (Wildman–Crippen LogP) is 2.22. The summed E-state index contributed by atoms with van der Waals surface area (Å²) in [6, 6.07) is 10.4. The van der Waals surface area contributed by atoms with Crippen LogP contribution >= 0.6 is 0 Å². The van der Waals surface area contributed by atoms with Gasteiger partial charge in [-0.05, 0) is 31.7 Å². The van der Waals surface area contributed by atoms with Crippen LogP contribution in [0.25, 0.3) is 0 Å². The van der Waals surface area contributed by atoms with E-state index in [4.69, 9.17) is 11.5 Å². The number of hydrogen-bond donors (Lipinski definition) is 2. The molecule has 0 heterocycles. The van der Waals surface area contributed by atoms with Gasteiger partial charge < -0.3 is 11.5 Å². The van der Waals surface area contributed by atoms with Gasteiger partial charge in [-0.3, -0.25) is 0 Å². The van der Waals surface area contributed by atoms with E-state index >= 15 is 0 Å². The molecule has 16 heavy (non-hydrogen) atoms. The standard InChI is InChI=1S/C14H22N2/c1-13(15)9-5-6-10-14(13,16)11-12-7-3-2-4-8-12/h2-4,7-8H,5-6,9-11,15-16H2,1H3. The van der Waals surface area contributed by atoms with Crippen LogP contribution in [-0.2, 0) is 6.42 Å². The zero-order chi connectivity index (χ0) is 11.6. The van der Waals surface area contributed by atoms with Gasteiger partial charge in [0.15, 0.2) is 0 Å². The van der Waals surface area contributed by atoms with Gasteiger partial charge in [-0.15, -0.1) is 0 Å². The molecular formula is C14H22N2. The topological polar surface area (TPSA) is 52.0 Å². The van der Waals surface area contributed by atoms with E-state index in [0.717, 1.165) is 19.3 Å². The summed E-state index contributed by atoms with van der Waals surface area (Å²) in [6.07, 6.45) is 5.38. The molecule has 1 aromatic carbocycles. The molecule has 2 nitrogen and oxygen atoms in total. The van der Waals surface area contributed by atoms with E-state index in [9.17, 15) is 0 Å². The second-order valence-electron chi connectivity index (χ2n) is 5.44. The molecule has 0 radical (unpaired) electrons. The largest absolute Gasteiger partial charge is 0.324 e. The van der Waals surface area contributed by atoms with E-state index < -0.39 is 0 Å². The Labute approximate surface area is 98.0 Å². The number of nitrogens with two attached hydrogens (primary N) is 2. The Kier molecular flexibility index (Phi) is 3.04. The monoisotopic (exact) mass is 218 g/mol. The molecule has 0 saturated heterocycles. The molecule has 0 spiro atoms.